The van der Waals surface area contributed by atoms with Gasteiger partial charge in [-0.2, -0.15) is 0 Å². The van der Waals surface area contributed by atoms with E-state index in [1.165, 1.54) is 0 Å². The number of anilines is 1. The maximum Gasteiger partial charge on any atom is 0.251 e. The number of pyridine rings is 1. The quantitative estimate of drug-likeness (QED) is 0.673. The fraction of sp³-hybridized carbons (Fsp3) is 0.0588. The monoisotopic (exact) mass is 307 g/mol. The summed E-state index contributed by atoms with van der Waals surface area (Å²) in [5.74, 6) is -0.0770. The summed E-state index contributed by atoms with van der Waals surface area (Å²) in [7, 11) is 1.64. The van der Waals surface area contributed by atoms with Gasteiger partial charge in [0.25, 0.3) is 5.91 Å². The maximum atomic E-state index is 11.9. The summed E-state index contributed by atoms with van der Waals surface area (Å²) in [6.07, 6.45) is 1.80. The molecule has 3 aromatic rings. The fourth-order valence-corrected chi connectivity index (χ4v) is 3.53. The first-order chi connectivity index (χ1) is 10.8. The van der Waals surface area contributed by atoms with Crippen LogP contribution in [0.5, 0.6) is 0 Å². The third kappa shape index (κ3) is 1.94. The molecule has 2 heterocycles. The number of nitrogens with zero attached hydrogens (tertiary/aromatic N) is 1. The Bertz CT molecular complexity index is 908. The second-order valence-electron chi connectivity index (χ2n) is 5.06. The Morgan fingerprint density at radius 1 is 1.18 bits per heavy atom. The molecule has 0 saturated carbocycles. The van der Waals surface area contributed by atoms with Gasteiger partial charge in [-0.15, -0.1) is 0 Å². The topological polar surface area (TPSA) is 54.0 Å². The van der Waals surface area contributed by atoms with Crippen LogP contribution < -0.4 is 10.0 Å². The number of rotatable bonds is 1. The lowest BCUT2D eigenvalue weighted by Crippen LogP contribution is -2.18. The summed E-state index contributed by atoms with van der Waals surface area (Å²) >= 11 is 1.55. The number of carbonyl (C=O) groups is 1. The van der Waals surface area contributed by atoms with Crippen LogP contribution in [0.2, 0.25) is 0 Å². The van der Waals surface area contributed by atoms with Gasteiger partial charge in [-0.1, -0.05) is 18.2 Å². The molecule has 0 saturated heterocycles. The number of amides is 1. The zero-order valence-electron chi connectivity index (χ0n) is 11.9. The van der Waals surface area contributed by atoms with Gasteiger partial charge in [0.1, 0.15) is 0 Å². The van der Waals surface area contributed by atoms with Gasteiger partial charge in [-0.05, 0) is 41.8 Å². The Labute approximate surface area is 132 Å². The van der Waals surface area contributed by atoms with Crippen molar-refractivity contribution in [2.24, 2.45) is 0 Å². The van der Waals surface area contributed by atoms with E-state index in [2.05, 4.69) is 27.2 Å². The molecule has 0 bridgehead atoms. The van der Waals surface area contributed by atoms with Crippen LogP contribution in [-0.4, -0.2) is 17.9 Å². The van der Waals surface area contributed by atoms with Crippen LogP contribution in [0.4, 0.5) is 5.69 Å². The lowest BCUT2D eigenvalue weighted by atomic mass is 9.99. The molecule has 1 aliphatic heterocycles. The zero-order chi connectivity index (χ0) is 15.1. The van der Waals surface area contributed by atoms with E-state index >= 15 is 0 Å². The van der Waals surface area contributed by atoms with Crippen LogP contribution in [0.25, 0.3) is 22.0 Å². The predicted molar refractivity (Wildman–Crippen MR) is 90.0 cm³/mol. The third-order valence-corrected chi connectivity index (χ3v) is 4.68. The summed E-state index contributed by atoms with van der Waals surface area (Å²) in [4.78, 5) is 17.5. The number of fused-ring (bicyclic) bond motifs is 5. The van der Waals surface area contributed by atoms with Gasteiger partial charge in [0.2, 0.25) is 0 Å². The molecule has 0 unspecified atom stereocenters. The van der Waals surface area contributed by atoms with Crippen molar-refractivity contribution in [2.75, 3.05) is 11.8 Å². The lowest BCUT2D eigenvalue weighted by molar-refractivity contribution is 0.0963. The zero-order valence-corrected chi connectivity index (χ0v) is 12.7. The number of hydrogen-bond donors (Lipinski definition) is 2. The van der Waals surface area contributed by atoms with Crippen LogP contribution >= 0.6 is 11.9 Å². The fourth-order valence-electron chi connectivity index (χ4n) is 2.69. The summed E-state index contributed by atoms with van der Waals surface area (Å²) < 4.78 is 3.38. The van der Waals surface area contributed by atoms with E-state index in [0.717, 1.165) is 32.6 Å². The number of aromatic nitrogens is 1. The third-order valence-electron chi connectivity index (χ3n) is 3.80. The van der Waals surface area contributed by atoms with Crippen molar-refractivity contribution in [3.63, 3.8) is 0 Å². The van der Waals surface area contributed by atoms with Gasteiger partial charge < -0.3 is 10.0 Å². The molecule has 0 fully saturated rings. The molecule has 2 aromatic carbocycles. The first-order valence-electron chi connectivity index (χ1n) is 6.95. The summed E-state index contributed by atoms with van der Waals surface area (Å²) in [5.41, 5.74) is 4.75. The van der Waals surface area contributed by atoms with Crippen LogP contribution in [0, 0.1) is 0 Å². The van der Waals surface area contributed by atoms with Crippen molar-refractivity contribution in [1.29, 1.82) is 0 Å². The minimum absolute atomic E-state index is 0.0770. The van der Waals surface area contributed by atoms with Gasteiger partial charge in [0.15, 0.2) is 0 Å². The molecule has 4 rings (SSSR count). The smallest absolute Gasteiger partial charge is 0.251 e. The number of benzene rings is 2. The van der Waals surface area contributed by atoms with Gasteiger partial charge in [0, 0.05) is 34.7 Å². The first kappa shape index (κ1) is 13.2. The molecule has 5 heteroatoms. The molecule has 1 amide bonds. The standard InChI is InChI=1S/C17H13N3OS/c1-18-17(21)11-5-7-14-13(9-11)12-6-4-10-3-2-8-19-15(10)16(12)20-22-14/h2-9,20H,1H3,(H,18,21). The van der Waals surface area contributed by atoms with Crippen molar-refractivity contribution in [1.82, 2.24) is 10.3 Å². The molecule has 0 atom stereocenters. The minimum atomic E-state index is -0.0770. The summed E-state index contributed by atoms with van der Waals surface area (Å²) in [6.45, 7) is 0. The highest BCUT2D eigenvalue weighted by Crippen LogP contribution is 2.44. The second kappa shape index (κ2) is 5.03. The molecule has 0 radical (unpaired) electrons. The molecular weight excluding hydrogens is 294 g/mol. The molecule has 1 aromatic heterocycles. The Morgan fingerprint density at radius 2 is 2.09 bits per heavy atom. The Kier molecular flexibility index (Phi) is 3.01. The molecule has 2 N–H and O–H groups in total. The van der Waals surface area contributed by atoms with Crippen molar-refractivity contribution >= 4 is 34.4 Å². The van der Waals surface area contributed by atoms with Gasteiger partial charge in [0.05, 0.1) is 11.2 Å². The average Bonchev–Trinajstić information content (AvgIpc) is 2.60. The predicted octanol–water partition coefficient (Wildman–Crippen LogP) is 3.69. The average molecular weight is 307 g/mol. The van der Waals surface area contributed by atoms with Crippen molar-refractivity contribution in [3.8, 4) is 11.1 Å². The highest BCUT2D eigenvalue weighted by atomic mass is 32.2. The second-order valence-corrected chi connectivity index (χ2v) is 5.91. The van der Waals surface area contributed by atoms with Gasteiger partial charge >= 0.3 is 0 Å². The van der Waals surface area contributed by atoms with E-state index in [9.17, 15) is 4.79 Å². The molecule has 0 aliphatic carbocycles. The first-order valence-corrected chi connectivity index (χ1v) is 7.76. The van der Waals surface area contributed by atoms with E-state index in [4.69, 9.17) is 0 Å². The highest BCUT2D eigenvalue weighted by molar-refractivity contribution is 8.00. The lowest BCUT2D eigenvalue weighted by Gasteiger charge is -2.22. The van der Waals surface area contributed by atoms with Gasteiger partial charge in [-0.3, -0.25) is 9.78 Å². The number of carbonyl (C=O) groups excluding carboxylic acids is 1. The largest absolute Gasteiger partial charge is 0.355 e. The molecular formula is C17H13N3OS. The van der Waals surface area contributed by atoms with E-state index in [1.54, 1.807) is 25.2 Å². The Hall–Kier alpha value is -2.53. The van der Waals surface area contributed by atoms with Crippen LogP contribution in [-0.2, 0) is 0 Å². The van der Waals surface area contributed by atoms with Crippen molar-refractivity contribution in [3.05, 3.63) is 54.2 Å². The molecule has 0 spiro atoms. The highest BCUT2D eigenvalue weighted by Gasteiger charge is 2.20. The van der Waals surface area contributed by atoms with E-state index < -0.39 is 0 Å². The summed E-state index contributed by atoms with van der Waals surface area (Å²) in [6, 6.07) is 13.9. The maximum absolute atomic E-state index is 11.9. The summed E-state index contributed by atoms with van der Waals surface area (Å²) in [5, 5.41) is 3.77. The van der Waals surface area contributed by atoms with E-state index in [-0.39, 0.29) is 5.91 Å². The van der Waals surface area contributed by atoms with Crippen molar-refractivity contribution < 1.29 is 4.79 Å². The number of hydrogen-bond acceptors (Lipinski definition) is 4. The Balaban J connectivity index is 1.96. The van der Waals surface area contributed by atoms with E-state index in [0.29, 0.717) is 5.56 Å². The van der Waals surface area contributed by atoms with Crippen LogP contribution in [0.1, 0.15) is 10.4 Å². The van der Waals surface area contributed by atoms with Gasteiger partial charge in [-0.25, -0.2) is 0 Å². The molecule has 108 valence electrons. The SMILES string of the molecule is CNC(=O)c1ccc2c(c1)-c1ccc3cccnc3c1NS2. The van der Waals surface area contributed by atoms with Crippen LogP contribution in [0.3, 0.4) is 0 Å². The van der Waals surface area contributed by atoms with E-state index in [1.807, 2.05) is 30.3 Å². The molecule has 22 heavy (non-hydrogen) atoms. The van der Waals surface area contributed by atoms with Crippen LogP contribution in [0.15, 0.2) is 53.6 Å². The molecule has 1 aliphatic rings. The molecule has 4 nitrogen and oxygen atoms in total. The van der Waals surface area contributed by atoms with Crippen molar-refractivity contribution in [2.45, 2.75) is 4.90 Å². The number of nitrogens with one attached hydrogen (secondary N) is 2. The normalized spacial score (nSPS) is 12.2. The Morgan fingerprint density at radius 3 is 2.95 bits per heavy atom. The minimum Gasteiger partial charge on any atom is -0.355 e.